The van der Waals surface area contributed by atoms with E-state index in [4.69, 9.17) is 11.6 Å². The number of primary amides is 1. The maximum Gasteiger partial charge on any atom is 0.217 e. The Labute approximate surface area is 94.4 Å². The lowest BCUT2D eigenvalue weighted by atomic mass is 10.2. The van der Waals surface area contributed by atoms with Gasteiger partial charge in [0.05, 0.1) is 0 Å². The van der Waals surface area contributed by atoms with Gasteiger partial charge in [0.2, 0.25) is 5.91 Å². The van der Waals surface area contributed by atoms with Gasteiger partial charge in [-0.15, -0.1) is 0 Å². The van der Waals surface area contributed by atoms with Crippen LogP contribution in [0.3, 0.4) is 0 Å². The van der Waals surface area contributed by atoms with E-state index in [9.17, 15) is 4.79 Å². The molecule has 1 heterocycles. The molecule has 0 radical (unpaired) electrons. The SMILES string of the molecule is NNc1cccc(NCCCCC(N)=O)n1. The second kappa shape index (κ2) is 6.62. The van der Waals surface area contributed by atoms with Gasteiger partial charge in [-0.25, -0.2) is 10.8 Å². The molecule has 6 N–H and O–H groups in total. The van der Waals surface area contributed by atoms with Crippen LogP contribution in [0.15, 0.2) is 18.2 Å². The molecule has 6 nitrogen and oxygen atoms in total. The first-order chi connectivity index (χ1) is 7.72. The van der Waals surface area contributed by atoms with Gasteiger partial charge in [0.1, 0.15) is 11.6 Å². The van der Waals surface area contributed by atoms with Crippen LogP contribution >= 0.6 is 0 Å². The van der Waals surface area contributed by atoms with Gasteiger partial charge in [-0.05, 0) is 25.0 Å². The summed E-state index contributed by atoms with van der Waals surface area (Å²) in [4.78, 5) is 14.7. The first-order valence-corrected chi connectivity index (χ1v) is 5.18. The van der Waals surface area contributed by atoms with Crippen LogP contribution in [0.5, 0.6) is 0 Å². The van der Waals surface area contributed by atoms with Gasteiger partial charge in [-0.2, -0.15) is 0 Å². The molecule has 0 unspecified atom stereocenters. The number of hydrogen-bond donors (Lipinski definition) is 4. The number of aromatic nitrogens is 1. The third-order valence-electron chi connectivity index (χ3n) is 2.05. The van der Waals surface area contributed by atoms with E-state index < -0.39 is 0 Å². The molecule has 1 aromatic rings. The Morgan fingerprint density at radius 2 is 2.06 bits per heavy atom. The number of pyridine rings is 1. The van der Waals surface area contributed by atoms with E-state index in [0.29, 0.717) is 12.2 Å². The highest BCUT2D eigenvalue weighted by Crippen LogP contribution is 2.07. The van der Waals surface area contributed by atoms with Crippen LogP contribution in [0.25, 0.3) is 0 Å². The first kappa shape index (κ1) is 12.3. The van der Waals surface area contributed by atoms with Crippen molar-refractivity contribution in [2.75, 3.05) is 17.3 Å². The molecule has 0 bridgehead atoms. The minimum atomic E-state index is -0.257. The summed E-state index contributed by atoms with van der Waals surface area (Å²) in [5.41, 5.74) is 7.50. The largest absolute Gasteiger partial charge is 0.370 e. The summed E-state index contributed by atoms with van der Waals surface area (Å²) in [5.74, 6) is 6.35. The second-order valence-electron chi connectivity index (χ2n) is 3.40. The van der Waals surface area contributed by atoms with Gasteiger partial charge in [-0.3, -0.25) is 4.79 Å². The van der Waals surface area contributed by atoms with Gasteiger partial charge in [-0.1, -0.05) is 6.07 Å². The molecule has 0 saturated heterocycles. The van der Waals surface area contributed by atoms with Gasteiger partial charge >= 0.3 is 0 Å². The number of nitrogens with one attached hydrogen (secondary N) is 2. The molecular formula is C10H17N5O. The molecule has 0 atom stereocenters. The van der Waals surface area contributed by atoms with Crippen LogP contribution in [0.2, 0.25) is 0 Å². The Bertz CT molecular complexity index is 342. The van der Waals surface area contributed by atoms with Gasteiger partial charge in [0.15, 0.2) is 0 Å². The van der Waals surface area contributed by atoms with Crippen LogP contribution in [0.4, 0.5) is 11.6 Å². The smallest absolute Gasteiger partial charge is 0.217 e. The Morgan fingerprint density at radius 3 is 2.75 bits per heavy atom. The summed E-state index contributed by atoms with van der Waals surface area (Å²) in [6.45, 7) is 0.758. The van der Waals surface area contributed by atoms with Crippen molar-refractivity contribution in [2.24, 2.45) is 11.6 Å². The Kier molecular flexibility index (Phi) is 5.07. The number of carbonyl (C=O) groups excluding carboxylic acids is 1. The average molecular weight is 223 g/mol. The topological polar surface area (TPSA) is 106 Å². The van der Waals surface area contributed by atoms with Gasteiger partial charge < -0.3 is 16.5 Å². The fraction of sp³-hybridized carbons (Fsp3) is 0.400. The van der Waals surface area contributed by atoms with E-state index >= 15 is 0 Å². The molecule has 0 spiro atoms. The van der Waals surface area contributed by atoms with Crippen LogP contribution in [-0.2, 0) is 4.79 Å². The zero-order chi connectivity index (χ0) is 11.8. The van der Waals surface area contributed by atoms with E-state index in [0.717, 1.165) is 25.2 Å². The van der Waals surface area contributed by atoms with Crippen LogP contribution < -0.4 is 22.3 Å². The summed E-state index contributed by atoms with van der Waals surface area (Å²) in [7, 11) is 0. The summed E-state index contributed by atoms with van der Waals surface area (Å²) in [6, 6.07) is 5.49. The summed E-state index contributed by atoms with van der Waals surface area (Å²) < 4.78 is 0. The molecule has 0 fully saturated rings. The molecule has 1 aromatic heterocycles. The highest BCUT2D eigenvalue weighted by molar-refractivity contribution is 5.73. The van der Waals surface area contributed by atoms with E-state index in [-0.39, 0.29) is 5.91 Å². The predicted molar refractivity (Wildman–Crippen MR) is 63.6 cm³/mol. The third kappa shape index (κ3) is 4.61. The number of nitrogens with two attached hydrogens (primary N) is 2. The quantitative estimate of drug-likeness (QED) is 0.305. The maximum absolute atomic E-state index is 10.5. The number of nitrogens with zero attached hydrogens (tertiary/aromatic N) is 1. The van der Waals surface area contributed by atoms with Crippen molar-refractivity contribution in [1.29, 1.82) is 0 Å². The minimum Gasteiger partial charge on any atom is -0.370 e. The van der Waals surface area contributed by atoms with Crippen LogP contribution in [-0.4, -0.2) is 17.4 Å². The summed E-state index contributed by atoms with van der Waals surface area (Å²) in [5, 5.41) is 3.13. The van der Waals surface area contributed by atoms with Gasteiger partial charge in [0.25, 0.3) is 0 Å². The standard InChI is InChI=1S/C10H17N5O/c11-8(16)4-1-2-7-13-9-5-3-6-10(14-9)15-12/h3,5-6H,1-2,4,7,12H2,(H2,11,16)(H2,13,14,15). The first-order valence-electron chi connectivity index (χ1n) is 5.18. The minimum absolute atomic E-state index is 0.257. The molecule has 0 aliphatic rings. The molecule has 0 aliphatic carbocycles. The third-order valence-corrected chi connectivity index (χ3v) is 2.05. The Morgan fingerprint density at radius 1 is 1.31 bits per heavy atom. The number of carbonyl (C=O) groups is 1. The van der Waals surface area contributed by atoms with E-state index in [1.54, 1.807) is 6.07 Å². The Balaban J connectivity index is 2.23. The molecule has 1 amide bonds. The normalized spacial score (nSPS) is 9.81. The van der Waals surface area contributed by atoms with Crippen molar-refractivity contribution in [3.8, 4) is 0 Å². The van der Waals surface area contributed by atoms with Crippen LogP contribution in [0, 0.1) is 0 Å². The number of hydrogen-bond acceptors (Lipinski definition) is 5. The van der Waals surface area contributed by atoms with Crippen molar-refractivity contribution < 1.29 is 4.79 Å². The highest BCUT2D eigenvalue weighted by atomic mass is 16.1. The highest BCUT2D eigenvalue weighted by Gasteiger charge is 1.96. The van der Waals surface area contributed by atoms with Crippen molar-refractivity contribution in [3.05, 3.63) is 18.2 Å². The average Bonchev–Trinajstić information content (AvgIpc) is 2.28. The predicted octanol–water partition coefficient (Wildman–Crippen LogP) is 0.435. The summed E-state index contributed by atoms with van der Waals surface area (Å²) >= 11 is 0. The fourth-order valence-electron chi connectivity index (χ4n) is 1.25. The summed E-state index contributed by atoms with van der Waals surface area (Å²) in [6.07, 6.45) is 2.10. The number of nitrogen functional groups attached to an aromatic ring is 1. The van der Waals surface area contributed by atoms with Crippen LogP contribution in [0.1, 0.15) is 19.3 Å². The number of anilines is 2. The maximum atomic E-state index is 10.5. The number of hydrazine groups is 1. The molecular weight excluding hydrogens is 206 g/mol. The Hall–Kier alpha value is -1.82. The zero-order valence-electron chi connectivity index (χ0n) is 9.07. The molecule has 88 valence electrons. The van der Waals surface area contributed by atoms with Crippen molar-refractivity contribution in [1.82, 2.24) is 4.98 Å². The molecule has 0 aliphatic heterocycles. The molecule has 16 heavy (non-hydrogen) atoms. The lowest BCUT2D eigenvalue weighted by molar-refractivity contribution is -0.118. The molecule has 0 saturated carbocycles. The number of unbranched alkanes of at least 4 members (excludes halogenated alkanes) is 1. The van der Waals surface area contributed by atoms with E-state index in [2.05, 4.69) is 15.7 Å². The van der Waals surface area contributed by atoms with Crippen molar-refractivity contribution in [2.45, 2.75) is 19.3 Å². The van der Waals surface area contributed by atoms with Gasteiger partial charge in [0, 0.05) is 13.0 Å². The second-order valence-corrected chi connectivity index (χ2v) is 3.40. The lowest BCUT2D eigenvalue weighted by Gasteiger charge is -2.06. The monoisotopic (exact) mass is 223 g/mol. The van der Waals surface area contributed by atoms with E-state index in [1.165, 1.54) is 0 Å². The fourth-order valence-corrected chi connectivity index (χ4v) is 1.25. The number of amides is 1. The molecule has 1 rings (SSSR count). The van der Waals surface area contributed by atoms with E-state index in [1.807, 2.05) is 12.1 Å². The zero-order valence-corrected chi connectivity index (χ0v) is 9.07. The van der Waals surface area contributed by atoms with Crippen molar-refractivity contribution in [3.63, 3.8) is 0 Å². The molecule has 6 heteroatoms. The number of rotatable bonds is 7. The lowest BCUT2D eigenvalue weighted by Crippen LogP contribution is -2.12. The molecule has 0 aromatic carbocycles. The van der Waals surface area contributed by atoms with Crippen molar-refractivity contribution >= 4 is 17.5 Å².